The van der Waals surface area contributed by atoms with Gasteiger partial charge in [0.05, 0.1) is 12.7 Å². The summed E-state index contributed by atoms with van der Waals surface area (Å²) in [5, 5.41) is 6.20. The molecule has 1 amide bonds. The lowest BCUT2D eigenvalue weighted by atomic mass is 9.94. The van der Waals surface area contributed by atoms with E-state index in [2.05, 4.69) is 36.4 Å². The number of aromatic nitrogens is 1. The molecular formula is C19H27N3O2. The Labute approximate surface area is 143 Å². The number of oxazole rings is 1. The molecule has 2 N–H and O–H groups in total. The quantitative estimate of drug-likeness (QED) is 0.886. The van der Waals surface area contributed by atoms with Crippen LogP contribution in [0.1, 0.15) is 63.6 Å². The zero-order valence-corrected chi connectivity index (χ0v) is 15.4. The van der Waals surface area contributed by atoms with Crippen LogP contribution in [-0.2, 0) is 12.0 Å². The van der Waals surface area contributed by atoms with Gasteiger partial charge in [-0.05, 0) is 45.0 Å². The van der Waals surface area contributed by atoms with E-state index in [1.807, 2.05) is 32.9 Å². The molecule has 5 nitrogen and oxygen atoms in total. The Bertz CT molecular complexity index is 689. The Morgan fingerprint density at radius 3 is 2.21 bits per heavy atom. The Kier molecular flexibility index (Phi) is 5.02. The van der Waals surface area contributed by atoms with Crippen molar-refractivity contribution < 1.29 is 9.21 Å². The van der Waals surface area contributed by atoms with Crippen molar-refractivity contribution in [2.75, 3.05) is 5.32 Å². The Balaban J connectivity index is 1.95. The minimum Gasteiger partial charge on any atom is -0.443 e. The number of nitrogens with zero attached hydrogens (tertiary/aromatic N) is 1. The highest BCUT2D eigenvalue weighted by molar-refractivity contribution is 5.94. The normalized spacial score (nSPS) is 12.1. The highest BCUT2D eigenvalue weighted by Crippen LogP contribution is 2.23. The first-order valence-electron chi connectivity index (χ1n) is 8.16. The molecule has 0 aliphatic heterocycles. The Morgan fingerprint density at radius 1 is 1.08 bits per heavy atom. The highest BCUT2D eigenvalue weighted by atomic mass is 16.4. The van der Waals surface area contributed by atoms with Crippen molar-refractivity contribution in [2.45, 2.75) is 59.0 Å². The van der Waals surface area contributed by atoms with E-state index in [-0.39, 0.29) is 16.9 Å². The second-order valence-electron chi connectivity index (χ2n) is 8.00. The molecule has 0 aliphatic rings. The average Bonchev–Trinajstić information content (AvgIpc) is 2.93. The van der Waals surface area contributed by atoms with E-state index in [0.717, 1.165) is 11.4 Å². The first kappa shape index (κ1) is 18.0. The van der Waals surface area contributed by atoms with Crippen LogP contribution in [0.5, 0.6) is 0 Å². The van der Waals surface area contributed by atoms with Gasteiger partial charge < -0.3 is 15.1 Å². The van der Waals surface area contributed by atoms with E-state index in [0.29, 0.717) is 18.0 Å². The monoisotopic (exact) mass is 329 g/mol. The summed E-state index contributed by atoms with van der Waals surface area (Å²) in [5.41, 5.74) is 1.26. The number of nitrogens with one attached hydrogen (secondary N) is 2. The SMILES string of the molecule is CC(C)(C)NC(=O)c1ccc(NCc2ncc(C(C)(C)C)o2)cc1. The van der Waals surface area contributed by atoms with Crippen LogP contribution < -0.4 is 10.6 Å². The summed E-state index contributed by atoms with van der Waals surface area (Å²) in [7, 11) is 0. The Hall–Kier alpha value is -2.30. The summed E-state index contributed by atoms with van der Waals surface area (Å²) in [6.45, 7) is 12.7. The maximum atomic E-state index is 12.1. The summed E-state index contributed by atoms with van der Waals surface area (Å²) in [6.07, 6.45) is 1.77. The first-order valence-corrected chi connectivity index (χ1v) is 8.16. The van der Waals surface area contributed by atoms with E-state index < -0.39 is 0 Å². The lowest BCUT2D eigenvalue weighted by Gasteiger charge is -2.20. The fourth-order valence-corrected chi connectivity index (χ4v) is 2.07. The second kappa shape index (κ2) is 6.67. The van der Waals surface area contributed by atoms with E-state index in [9.17, 15) is 4.79 Å². The molecule has 0 saturated heterocycles. The summed E-state index contributed by atoms with van der Waals surface area (Å²) in [4.78, 5) is 16.4. The molecule has 0 spiro atoms. The van der Waals surface area contributed by atoms with Gasteiger partial charge in [-0.2, -0.15) is 0 Å². The molecule has 24 heavy (non-hydrogen) atoms. The van der Waals surface area contributed by atoms with Crippen LogP contribution in [-0.4, -0.2) is 16.4 Å². The van der Waals surface area contributed by atoms with Gasteiger partial charge in [0.2, 0.25) is 5.89 Å². The number of anilines is 1. The molecule has 0 radical (unpaired) electrons. The standard InChI is InChI=1S/C19H27N3O2/c1-18(2,3)15-11-21-16(24-15)12-20-14-9-7-13(8-10-14)17(23)22-19(4,5)6/h7-11,20H,12H2,1-6H3,(H,22,23). The van der Waals surface area contributed by atoms with Crippen LogP contribution in [0.25, 0.3) is 0 Å². The zero-order chi connectivity index (χ0) is 18.0. The molecule has 2 rings (SSSR count). The van der Waals surface area contributed by atoms with Gasteiger partial charge in [-0.1, -0.05) is 20.8 Å². The summed E-state index contributed by atoms with van der Waals surface area (Å²) < 4.78 is 5.75. The molecule has 0 aliphatic carbocycles. The smallest absolute Gasteiger partial charge is 0.251 e. The molecule has 0 atom stereocenters. The second-order valence-corrected chi connectivity index (χ2v) is 8.00. The van der Waals surface area contributed by atoms with Crippen LogP contribution in [0, 0.1) is 0 Å². The van der Waals surface area contributed by atoms with Crippen LogP contribution in [0.3, 0.4) is 0 Å². The lowest BCUT2D eigenvalue weighted by molar-refractivity contribution is 0.0919. The molecule has 2 aromatic rings. The molecule has 1 aromatic carbocycles. The first-order chi connectivity index (χ1) is 11.0. The van der Waals surface area contributed by atoms with Crippen LogP contribution >= 0.6 is 0 Å². The van der Waals surface area contributed by atoms with Gasteiger partial charge in [-0.3, -0.25) is 4.79 Å². The third-order valence-electron chi connectivity index (χ3n) is 3.37. The van der Waals surface area contributed by atoms with Gasteiger partial charge in [0, 0.05) is 22.2 Å². The molecule has 5 heteroatoms. The number of carbonyl (C=O) groups is 1. The third kappa shape index (κ3) is 5.11. The zero-order valence-electron chi connectivity index (χ0n) is 15.4. The molecular weight excluding hydrogens is 302 g/mol. The maximum absolute atomic E-state index is 12.1. The molecule has 130 valence electrons. The number of hydrogen-bond acceptors (Lipinski definition) is 4. The average molecular weight is 329 g/mol. The predicted molar refractivity (Wildman–Crippen MR) is 96.2 cm³/mol. The van der Waals surface area contributed by atoms with Crippen molar-refractivity contribution in [3.63, 3.8) is 0 Å². The van der Waals surface area contributed by atoms with Gasteiger partial charge in [-0.15, -0.1) is 0 Å². The molecule has 0 fully saturated rings. The predicted octanol–water partition coefficient (Wildman–Crippen LogP) is 4.11. The van der Waals surface area contributed by atoms with E-state index >= 15 is 0 Å². The molecule has 0 saturated carbocycles. The molecule has 1 heterocycles. The number of rotatable bonds is 4. The molecule has 0 bridgehead atoms. The van der Waals surface area contributed by atoms with Gasteiger partial charge in [-0.25, -0.2) is 4.98 Å². The van der Waals surface area contributed by atoms with Crippen molar-refractivity contribution in [3.8, 4) is 0 Å². The van der Waals surface area contributed by atoms with Crippen LogP contribution in [0.2, 0.25) is 0 Å². The topological polar surface area (TPSA) is 67.2 Å². The largest absolute Gasteiger partial charge is 0.443 e. The minimum atomic E-state index is -0.246. The van der Waals surface area contributed by atoms with Gasteiger partial charge in [0.1, 0.15) is 5.76 Å². The van der Waals surface area contributed by atoms with E-state index in [1.165, 1.54) is 0 Å². The van der Waals surface area contributed by atoms with E-state index in [4.69, 9.17) is 4.42 Å². The van der Waals surface area contributed by atoms with Crippen molar-refractivity contribution in [3.05, 3.63) is 47.7 Å². The van der Waals surface area contributed by atoms with Gasteiger partial charge >= 0.3 is 0 Å². The fraction of sp³-hybridized carbons (Fsp3) is 0.474. The van der Waals surface area contributed by atoms with Crippen molar-refractivity contribution >= 4 is 11.6 Å². The van der Waals surface area contributed by atoms with Crippen LogP contribution in [0.15, 0.2) is 34.9 Å². The summed E-state index contributed by atoms with van der Waals surface area (Å²) >= 11 is 0. The van der Waals surface area contributed by atoms with Crippen molar-refractivity contribution in [1.29, 1.82) is 0 Å². The number of carbonyl (C=O) groups excluding carboxylic acids is 1. The number of benzene rings is 1. The minimum absolute atomic E-state index is 0.0483. The third-order valence-corrected chi connectivity index (χ3v) is 3.37. The molecule has 0 unspecified atom stereocenters. The van der Waals surface area contributed by atoms with Gasteiger partial charge in [0.15, 0.2) is 0 Å². The van der Waals surface area contributed by atoms with Crippen molar-refractivity contribution in [2.24, 2.45) is 0 Å². The highest BCUT2D eigenvalue weighted by Gasteiger charge is 2.19. The van der Waals surface area contributed by atoms with Gasteiger partial charge in [0.25, 0.3) is 5.91 Å². The van der Waals surface area contributed by atoms with E-state index in [1.54, 1.807) is 18.3 Å². The summed E-state index contributed by atoms with van der Waals surface area (Å²) in [6, 6.07) is 7.37. The Morgan fingerprint density at radius 2 is 1.71 bits per heavy atom. The number of amides is 1. The fourth-order valence-electron chi connectivity index (χ4n) is 2.07. The lowest BCUT2D eigenvalue weighted by Crippen LogP contribution is -2.40. The summed E-state index contributed by atoms with van der Waals surface area (Å²) in [5.74, 6) is 1.44. The maximum Gasteiger partial charge on any atom is 0.251 e. The van der Waals surface area contributed by atoms with Crippen molar-refractivity contribution in [1.82, 2.24) is 10.3 Å². The van der Waals surface area contributed by atoms with Crippen LogP contribution in [0.4, 0.5) is 5.69 Å². The molecule has 1 aromatic heterocycles. The number of hydrogen-bond donors (Lipinski definition) is 2.